The molecule has 1 unspecified atom stereocenters. The average Bonchev–Trinajstić information content (AvgIpc) is 2.90. The lowest BCUT2D eigenvalue weighted by Crippen LogP contribution is -2.38. The number of pyridine rings is 1. The van der Waals surface area contributed by atoms with Gasteiger partial charge in [-0.05, 0) is 92.5 Å². The number of nitrogens with zero attached hydrogens (tertiary/aromatic N) is 2. The predicted octanol–water partition coefficient (Wildman–Crippen LogP) is 5.58. The Bertz CT molecular complexity index is 1250. The lowest BCUT2D eigenvalue weighted by molar-refractivity contribution is -0.142. The first kappa shape index (κ1) is 26.2. The summed E-state index contributed by atoms with van der Waals surface area (Å²) in [6, 6.07) is 18.7. The van der Waals surface area contributed by atoms with E-state index in [2.05, 4.69) is 15.5 Å². The highest BCUT2D eigenvalue weighted by Gasteiger charge is 2.29. The summed E-state index contributed by atoms with van der Waals surface area (Å²) < 4.78 is 0. The minimum absolute atomic E-state index is 0.0186. The van der Waals surface area contributed by atoms with Crippen molar-refractivity contribution in [1.82, 2.24) is 10.3 Å². The van der Waals surface area contributed by atoms with E-state index < -0.39 is 12.0 Å². The number of nitroso groups, excluding NO2 is 1. The molecule has 0 radical (unpaired) electrons. The van der Waals surface area contributed by atoms with E-state index >= 15 is 0 Å². The lowest BCUT2D eigenvalue weighted by atomic mass is 9.80. The molecular formula is C30H33N3O4. The quantitative estimate of drug-likeness (QED) is 0.374. The zero-order chi connectivity index (χ0) is 26.4. The SMILES string of the molecule is Cc1cc(CC(N=O)[C@H](c2ccc(C(=O)NC3CCC(C(=O)O)CC3)cc2)c2ccccc2C)ccn1. The van der Waals surface area contributed by atoms with Gasteiger partial charge in [-0.3, -0.25) is 14.6 Å². The van der Waals surface area contributed by atoms with E-state index in [4.69, 9.17) is 0 Å². The first-order chi connectivity index (χ1) is 17.9. The molecule has 1 heterocycles. The Morgan fingerprint density at radius 2 is 1.73 bits per heavy atom. The Morgan fingerprint density at radius 1 is 1.03 bits per heavy atom. The van der Waals surface area contributed by atoms with Crippen molar-refractivity contribution < 1.29 is 14.7 Å². The molecule has 37 heavy (non-hydrogen) atoms. The van der Waals surface area contributed by atoms with E-state index in [0.717, 1.165) is 27.9 Å². The van der Waals surface area contributed by atoms with Crippen LogP contribution in [0.4, 0.5) is 0 Å². The molecule has 0 saturated heterocycles. The number of carbonyl (C=O) groups is 2. The molecule has 0 bridgehead atoms. The van der Waals surface area contributed by atoms with Crippen molar-refractivity contribution in [3.63, 3.8) is 0 Å². The summed E-state index contributed by atoms with van der Waals surface area (Å²) >= 11 is 0. The summed E-state index contributed by atoms with van der Waals surface area (Å²) in [6.45, 7) is 3.95. The van der Waals surface area contributed by atoms with Crippen molar-refractivity contribution in [2.75, 3.05) is 0 Å². The molecule has 1 saturated carbocycles. The van der Waals surface area contributed by atoms with Crippen LogP contribution in [0.15, 0.2) is 72.0 Å². The molecule has 1 amide bonds. The van der Waals surface area contributed by atoms with Gasteiger partial charge in [-0.15, -0.1) is 0 Å². The average molecular weight is 500 g/mol. The number of rotatable bonds is 9. The van der Waals surface area contributed by atoms with E-state index in [0.29, 0.717) is 37.7 Å². The Kier molecular flexibility index (Phi) is 8.43. The number of hydrogen-bond acceptors (Lipinski definition) is 5. The van der Waals surface area contributed by atoms with Crippen LogP contribution in [-0.4, -0.2) is 34.1 Å². The number of benzene rings is 2. The van der Waals surface area contributed by atoms with Crippen molar-refractivity contribution in [3.05, 3.63) is 105 Å². The van der Waals surface area contributed by atoms with E-state index in [-0.39, 0.29) is 23.8 Å². The van der Waals surface area contributed by atoms with Crippen LogP contribution in [-0.2, 0) is 11.2 Å². The molecule has 0 aliphatic heterocycles. The fourth-order valence-corrected chi connectivity index (χ4v) is 5.33. The molecule has 1 fully saturated rings. The van der Waals surface area contributed by atoms with Crippen LogP contribution in [0.25, 0.3) is 0 Å². The highest BCUT2D eigenvalue weighted by molar-refractivity contribution is 5.94. The van der Waals surface area contributed by atoms with Crippen LogP contribution in [0.2, 0.25) is 0 Å². The van der Waals surface area contributed by atoms with Crippen molar-refractivity contribution in [2.24, 2.45) is 11.1 Å². The number of hydrogen-bond donors (Lipinski definition) is 2. The molecule has 4 rings (SSSR count). The highest BCUT2D eigenvalue weighted by Crippen LogP contribution is 2.34. The van der Waals surface area contributed by atoms with Gasteiger partial charge in [-0.1, -0.05) is 41.6 Å². The Hall–Kier alpha value is -3.87. The number of amides is 1. The zero-order valence-corrected chi connectivity index (χ0v) is 21.3. The number of nitrogens with one attached hydrogen (secondary N) is 1. The minimum Gasteiger partial charge on any atom is -0.481 e. The summed E-state index contributed by atoms with van der Waals surface area (Å²) in [5, 5.41) is 15.8. The van der Waals surface area contributed by atoms with Crippen LogP contribution in [0.5, 0.6) is 0 Å². The fourth-order valence-electron chi connectivity index (χ4n) is 5.33. The van der Waals surface area contributed by atoms with Crippen LogP contribution in [0, 0.1) is 24.7 Å². The molecule has 192 valence electrons. The first-order valence-electron chi connectivity index (χ1n) is 12.8. The van der Waals surface area contributed by atoms with Crippen LogP contribution < -0.4 is 5.32 Å². The number of carboxylic acids is 1. The predicted molar refractivity (Wildman–Crippen MR) is 143 cm³/mol. The van der Waals surface area contributed by atoms with Crippen LogP contribution >= 0.6 is 0 Å². The summed E-state index contributed by atoms with van der Waals surface area (Å²) in [7, 11) is 0. The second kappa shape index (κ2) is 11.9. The fraction of sp³-hybridized carbons (Fsp3) is 0.367. The third-order valence-electron chi connectivity index (χ3n) is 7.39. The van der Waals surface area contributed by atoms with Gasteiger partial charge in [0, 0.05) is 29.4 Å². The molecule has 1 aliphatic carbocycles. The third kappa shape index (κ3) is 6.47. The standard InChI is InChI=1S/C30H33N3O4/c1-19-5-3-4-6-26(19)28(27(33-37)18-21-15-16-31-20(2)17-21)22-7-9-23(10-8-22)29(34)32-25-13-11-24(12-14-25)30(35)36/h3-10,15-17,24-25,27-28H,11-14,18H2,1-2H3,(H,32,34)(H,35,36)/t24?,25?,27?,28-/m1/s1. The van der Waals surface area contributed by atoms with E-state index in [1.807, 2.05) is 62.4 Å². The Balaban J connectivity index is 1.55. The molecule has 1 aliphatic rings. The normalized spacial score (nSPS) is 19.0. The third-order valence-corrected chi connectivity index (χ3v) is 7.39. The topological polar surface area (TPSA) is 109 Å². The zero-order valence-electron chi connectivity index (χ0n) is 21.3. The molecule has 1 aromatic heterocycles. The van der Waals surface area contributed by atoms with Crippen LogP contribution in [0.3, 0.4) is 0 Å². The van der Waals surface area contributed by atoms with E-state index in [1.165, 1.54) is 0 Å². The van der Waals surface area contributed by atoms with Crippen molar-refractivity contribution in [3.8, 4) is 0 Å². The van der Waals surface area contributed by atoms with Gasteiger partial charge in [0.15, 0.2) is 0 Å². The maximum Gasteiger partial charge on any atom is 0.306 e. The van der Waals surface area contributed by atoms with Crippen molar-refractivity contribution in [2.45, 2.75) is 64.0 Å². The summed E-state index contributed by atoms with van der Waals surface area (Å²) in [6.07, 6.45) is 4.71. The van der Waals surface area contributed by atoms with Gasteiger partial charge in [0.1, 0.15) is 6.04 Å². The number of aliphatic carboxylic acids is 1. The van der Waals surface area contributed by atoms with Gasteiger partial charge in [-0.25, -0.2) is 0 Å². The van der Waals surface area contributed by atoms with Gasteiger partial charge in [0.2, 0.25) is 0 Å². The van der Waals surface area contributed by atoms with Crippen molar-refractivity contribution >= 4 is 11.9 Å². The summed E-state index contributed by atoms with van der Waals surface area (Å²) in [4.78, 5) is 40.5. The molecule has 3 aromatic rings. The number of aromatic nitrogens is 1. The first-order valence-corrected chi connectivity index (χ1v) is 12.8. The van der Waals surface area contributed by atoms with Gasteiger partial charge >= 0.3 is 5.97 Å². The number of carboxylic acid groups (broad SMARTS) is 1. The monoisotopic (exact) mass is 499 g/mol. The largest absolute Gasteiger partial charge is 0.481 e. The molecule has 2 N–H and O–H groups in total. The second-order valence-electron chi connectivity index (χ2n) is 10.00. The van der Waals surface area contributed by atoms with Gasteiger partial charge in [0.25, 0.3) is 5.91 Å². The Morgan fingerprint density at radius 3 is 2.35 bits per heavy atom. The molecule has 2 atom stereocenters. The molecule has 7 nitrogen and oxygen atoms in total. The van der Waals surface area contributed by atoms with Gasteiger partial charge in [-0.2, -0.15) is 4.91 Å². The molecular weight excluding hydrogens is 466 g/mol. The lowest BCUT2D eigenvalue weighted by Gasteiger charge is -2.27. The Labute approximate surface area is 217 Å². The summed E-state index contributed by atoms with van der Waals surface area (Å²) in [5.41, 5.74) is 5.46. The number of aryl methyl sites for hydroxylation is 2. The van der Waals surface area contributed by atoms with Gasteiger partial charge < -0.3 is 10.4 Å². The second-order valence-corrected chi connectivity index (χ2v) is 10.00. The summed E-state index contributed by atoms with van der Waals surface area (Å²) in [5.74, 6) is -1.52. The molecule has 7 heteroatoms. The van der Waals surface area contributed by atoms with Crippen LogP contribution in [0.1, 0.15) is 69.9 Å². The highest BCUT2D eigenvalue weighted by atomic mass is 16.4. The van der Waals surface area contributed by atoms with Crippen molar-refractivity contribution in [1.29, 1.82) is 0 Å². The minimum atomic E-state index is -0.759. The maximum absolute atomic E-state index is 12.9. The van der Waals surface area contributed by atoms with Gasteiger partial charge in [0.05, 0.1) is 5.92 Å². The number of carbonyl (C=O) groups excluding carboxylic acids is 1. The molecule has 0 spiro atoms. The van der Waals surface area contributed by atoms with E-state index in [1.54, 1.807) is 18.3 Å². The molecule has 2 aromatic carbocycles. The maximum atomic E-state index is 12.9. The smallest absolute Gasteiger partial charge is 0.306 e. The van der Waals surface area contributed by atoms with E-state index in [9.17, 15) is 19.6 Å².